The monoisotopic (exact) mass is 570 g/mol. The average Bonchev–Trinajstić information content (AvgIpc) is 2.85. The number of primary amides is 1. The Morgan fingerprint density at radius 1 is 1.12 bits per heavy atom. The van der Waals surface area contributed by atoms with Crippen LogP contribution in [0.3, 0.4) is 0 Å². The molecular weight excluding hydrogens is 528 g/mol. The number of carbonyl (C=O) groups is 3. The number of allylic oxidation sites excluding steroid dienone is 1. The molecule has 0 heterocycles. The molecule has 0 fully saturated rings. The molecule has 4 atom stereocenters. The van der Waals surface area contributed by atoms with E-state index in [1.165, 1.54) is 4.90 Å². The first-order chi connectivity index (χ1) is 18.9. The minimum Gasteiger partial charge on any atom is -0.510 e. The Labute approximate surface area is 240 Å². The molecule has 11 nitrogen and oxygen atoms in total. The summed E-state index contributed by atoms with van der Waals surface area (Å²) in [5, 5.41) is 45.4. The maximum absolute atomic E-state index is 14.0. The van der Waals surface area contributed by atoms with Crippen LogP contribution in [-0.4, -0.2) is 100 Å². The molecule has 0 aliphatic heterocycles. The van der Waals surface area contributed by atoms with E-state index in [9.17, 15) is 34.8 Å². The van der Waals surface area contributed by atoms with Crippen molar-refractivity contribution < 1.29 is 34.8 Å². The van der Waals surface area contributed by atoms with Crippen LogP contribution in [0.4, 0.5) is 5.69 Å². The van der Waals surface area contributed by atoms with E-state index in [2.05, 4.69) is 25.7 Å². The molecule has 0 radical (unpaired) electrons. The Kier molecular flexibility index (Phi) is 7.56. The summed E-state index contributed by atoms with van der Waals surface area (Å²) in [6.45, 7) is 6.88. The van der Waals surface area contributed by atoms with Gasteiger partial charge in [0.1, 0.15) is 22.8 Å². The summed E-state index contributed by atoms with van der Waals surface area (Å²) in [4.78, 5) is 45.3. The lowest BCUT2D eigenvalue weighted by molar-refractivity contribution is -0.148. The summed E-state index contributed by atoms with van der Waals surface area (Å²) in [5.74, 6) is -6.58. The lowest BCUT2D eigenvalue weighted by atomic mass is 9.58. The molecule has 41 heavy (non-hydrogen) atoms. The van der Waals surface area contributed by atoms with Gasteiger partial charge < -0.3 is 31.1 Å². The molecule has 4 rings (SSSR count). The Bertz CT molecular complexity index is 1390. The number of phenols is 1. The Balaban J connectivity index is 1.93. The van der Waals surface area contributed by atoms with Crippen molar-refractivity contribution in [2.45, 2.75) is 63.8 Å². The molecule has 224 valence electrons. The number of benzene rings is 1. The standard InChI is InChI=1S/C30H42N4O7/c1-9-29(2,3)34(8)13-15-12-18(35)20-16(22(15)32(4)5)10-14-11-17-23(33(6)7)25(37)21(28(31)40)27(39)30(17,41)26(38)19(14)24(20)36/h12,14,17,23,35,37-38,41H,9-11,13H2,1-8H3,(H2,31,40)/t14-,17-,23-,30-/m0/s1. The van der Waals surface area contributed by atoms with Crippen LogP contribution < -0.4 is 10.6 Å². The van der Waals surface area contributed by atoms with Gasteiger partial charge in [0.05, 0.1) is 11.6 Å². The number of phenolic OH excluding ortho intramolecular Hbond substituents is 1. The van der Waals surface area contributed by atoms with E-state index >= 15 is 0 Å². The van der Waals surface area contributed by atoms with Gasteiger partial charge in [-0.1, -0.05) is 6.92 Å². The lowest BCUT2D eigenvalue weighted by Gasteiger charge is -2.50. The molecule has 1 aromatic rings. The minimum absolute atomic E-state index is 0.00985. The summed E-state index contributed by atoms with van der Waals surface area (Å²) in [6.07, 6.45) is 1.19. The summed E-state index contributed by atoms with van der Waals surface area (Å²) < 4.78 is 0. The largest absolute Gasteiger partial charge is 0.510 e. The van der Waals surface area contributed by atoms with E-state index in [1.807, 2.05) is 26.0 Å². The van der Waals surface area contributed by atoms with Crippen LogP contribution in [0.15, 0.2) is 28.7 Å². The predicted octanol–water partition coefficient (Wildman–Crippen LogP) is 1.81. The van der Waals surface area contributed by atoms with Gasteiger partial charge in [-0.15, -0.1) is 0 Å². The number of nitrogens with two attached hydrogens (primary N) is 1. The number of amides is 1. The Morgan fingerprint density at radius 3 is 2.24 bits per heavy atom. The van der Waals surface area contributed by atoms with E-state index < -0.39 is 58.0 Å². The summed E-state index contributed by atoms with van der Waals surface area (Å²) in [5.41, 5.74) is 3.88. The number of anilines is 1. The second kappa shape index (κ2) is 10.1. The number of rotatable bonds is 7. The summed E-state index contributed by atoms with van der Waals surface area (Å²) in [6, 6.07) is 0.533. The molecule has 0 saturated carbocycles. The topological polar surface area (TPSA) is 168 Å². The fourth-order valence-electron chi connectivity index (χ4n) is 6.79. The van der Waals surface area contributed by atoms with Crippen molar-refractivity contribution in [3.05, 3.63) is 45.4 Å². The molecule has 3 aliphatic rings. The Morgan fingerprint density at radius 2 is 1.73 bits per heavy atom. The zero-order valence-corrected chi connectivity index (χ0v) is 25.1. The minimum atomic E-state index is -2.65. The number of carbonyl (C=O) groups excluding carboxylic acids is 3. The van der Waals surface area contributed by atoms with Gasteiger partial charge >= 0.3 is 0 Å². The van der Waals surface area contributed by atoms with Crippen LogP contribution in [0.25, 0.3) is 0 Å². The first-order valence-electron chi connectivity index (χ1n) is 13.8. The van der Waals surface area contributed by atoms with E-state index in [0.29, 0.717) is 12.1 Å². The van der Waals surface area contributed by atoms with E-state index in [-0.39, 0.29) is 35.3 Å². The third kappa shape index (κ3) is 4.41. The van der Waals surface area contributed by atoms with Crippen molar-refractivity contribution in [2.24, 2.45) is 17.6 Å². The highest BCUT2D eigenvalue weighted by Gasteiger charge is 2.63. The van der Waals surface area contributed by atoms with Gasteiger partial charge in [-0.05, 0) is 77.4 Å². The first-order valence-corrected chi connectivity index (χ1v) is 13.8. The number of ketones is 2. The second-order valence-corrected chi connectivity index (χ2v) is 12.6. The molecule has 0 unspecified atom stereocenters. The first kappa shape index (κ1) is 30.5. The van der Waals surface area contributed by atoms with E-state index in [1.54, 1.807) is 20.2 Å². The zero-order chi connectivity index (χ0) is 30.9. The molecule has 3 aliphatic carbocycles. The molecule has 1 amide bonds. The normalized spacial score (nSPS) is 26.4. The second-order valence-electron chi connectivity index (χ2n) is 12.6. The third-order valence-corrected chi connectivity index (χ3v) is 9.53. The average molecular weight is 571 g/mol. The van der Waals surface area contributed by atoms with Gasteiger partial charge in [-0.2, -0.15) is 0 Å². The van der Waals surface area contributed by atoms with Crippen LogP contribution in [0.1, 0.15) is 55.1 Å². The van der Waals surface area contributed by atoms with Crippen molar-refractivity contribution in [2.75, 3.05) is 40.1 Å². The van der Waals surface area contributed by atoms with Crippen molar-refractivity contribution in [3.8, 4) is 5.75 Å². The number of hydrogen-bond donors (Lipinski definition) is 5. The number of aromatic hydroxyl groups is 1. The number of aliphatic hydroxyl groups excluding tert-OH is 2. The molecule has 6 N–H and O–H groups in total. The maximum Gasteiger partial charge on any atom is 0.255 e. The van der Waals surface area contributed by atoms with Gasteiger partial charge in [-0.25, -0.2) is 0 Å². The number of aliphatic hydroxyl groups is 3. The molecular formula is C30H42N4O7. The van der Waals surface area contributed by atoms with Crippen LogP contribution in [-0.2, 0) is 22.6 Å². The number of likely N-dealkylation sites (N-methyl/N-ethyl adjacent to an activating group) is 1. The highest BCUT2D eigenvalue weighted by atomic mass is 16.3. The molecule has 0 saturated heterocycles. The van der Waals surface area contributed by atoms with Crippen LogP contribution >= 0.6 is 0 Å². The number of Topliss-reactive ketones (excluding diaryl/α,β-unsaturated/α-hetero) is 2. The van der Waals surface area contributed by atoms with Crippen molar-refractivity contribution in [1.82, 2.24) is 9.80 Å². The fraction of sp³-hybridized carbons (Fsp3) is 0.567. The number of fused-ring (bicyclic) bond motifs is 3. The summed E-state index contributed by atoms with van der Waals surface area (Å²) >= 11 is 0. The highest BCUT2D eigenvalue weighted by molar-refractivity contribution is 6.24. The molecule has 0 bridgehead atoms. The fourth-order valence-corrected chi connectivity index (χ4v) is 6.79. The Hall–Kier alpha value is -3.41. The van der Waals surface area contributed by atoms with E-state index in [0.717, 1.165) is 17.7 Å². The molecule has 11 heteroatoms. The third-order valence-electron chi connectivity index (χ3n) is 9.53. The molecule has 1 aromatic carbocycles. The highest BCUT2D eigenvalue weighted by Crippen LogP contribution is 2.53. The van der Waals surface area contributed by atoms with Gasteiger partial charge in [0.25, 0.3) is 5.91 Å². The quantitative estimate of drug-likeness (QED) is 0.305. The van der Waals surface area contributed by atoms with Gasteiger partial charge in [0, 0.05) is 43.4 Å². The van der Waals surface area contributed by atoms with Crippen LogP contribution in [0, 0.1) is 11.8 Å². The van der Waals surface area contributed by atoms with E-state index in [4.69, 9.17) is 5.73 Å². The zero-order valence-electron chi connectivity index (χ0n) is 25.1. The van der Waals surface area contributed by atoms with Crippen LogP contribution in [0.5, 0.6) is 5.75 Å². The van der Waals surface area contributed by atoms with Gasteiger partial charge in [-0.3, -0.25) is 24.2 Å². The predicted molar refractivity (Wildman–Crippen MR) is 154 cm³/mol. The van der Waals surface area contributed by atoms with Crippen LogP contribution in [0.2, 0.25) is 0 Å². The summed E-state index contributed by atoms with van der Waals surface area (Å²) in [7, 11) is 8.95. The molecule has 0 aromatic heterocycles. The molecule has 0 spiro atoms. The van der Waals surface area contributed by atoms with Crippen molar-refractivity contribution in [3.63, 3.8) is 0 Å². The van der Waals surface area contributed by atoms with Gasteiger partial charge in [0.2, 0.25) is 5.78 Å². The van der Waals surface area contributed by atoms with Gasteiger partial charge in [0.15, 0.2) is 11.4 Å². The number of nitrogens with zero attached hydrogens (tertiary/aromatic N) is 3. The maximum atomic E-state index is 14.0. The SMILES string of the molecule is CCC(C)(C)N(C)Cc1cc(O)c2c(c1N(C)C)C[C@H]1C[C@H]3[C@H](N(C)C)C(O)=C(C(N)=O)C(=O)[C@@]3(O)C(O)=C1C2=O. The lowest BCUT2D eigenvalue weighted by Crippen LogP contribution is -2.63. The van der Waals surface area contributed by atoms with Crippen molar-refractivity contribution >= 4 is 23.2 Å². The number of hydrogen-bond acceptors (Lipinski definition) is 10. The van der Waals surface area contributed by atoms with Crippen molar-refractivity contribution in [1.29, 1.82) is 0 Å². The smallest absolute Gasteiger partial charge is 0.255 e.